The van der Waals surface area contributed by atoms with Gasteiger partial charge in [-0.05, 0) is 109 Å². The lowest BCUT2D eigenvalue weighted by molar-refractivity contribution is -0.870. The molecule has 2 atom stereocenters. The molecule has 0 spiro atoms. The van der Waals surface area contributed by atoms with Crippen molar-refractivity contribution in [3.05, 3.63) is 134 Å². The van der Waals surface area contributed by atoms with Gasteiger partial charge in [0.15, 0.2) is 6.10 Å². The van der Waals surface area contributed by atoms with E-state index in [4.69, 9.17) is 18.9 Å². The van der Waals surface area contributed by atoms with Gasteiger partial charge in [-0.1, -0.05) is 347 Å². The Balaban J connectivity index is 4.04. The lowest BCUT2D eigenvalue weighted by atomic mass is 10.0. The number of likely N-dealkylation sites (N-methyl/N-ethyl adjacent to an activating group) is 1. The number of unbranched alkanes of at least 4 members (excludes halogenated alkanes) is 35. The monoisotopic (exact) mass is 1320 g/mol. The number of carbonyl (C=O) groups is 3. The SMILES string of the molecule is CC/C=C\C/C=C\C/C=C\C/C=C\C/C=C\C/C=C\C/C=C\CCCCCCCCCCCCCCCCCC(=O)OC(COC(=O)CCCCCCCCCCCCCCCCCCCCCC/C=C\C/C=C\C/C=C\C/C=C\CC)COC(OCC[N+](C)(C)C)C(=O)O. The molecule has 0 aliphatic carbocycles. The van der Waals surface area contributed by atoms with Crippen LogP contribution in [0.25, 0.3) is 0 Å². The first-order valence-corrected chi connectivity index (χ1v) is 39.3. The zero-order valence-corrected chi connectivity index (χ0v) is 62.3. The molecule has 0 aromatic heterocycles. The number of carboxylic acid groups (broad SMARTS) is 1. The predicted octanol–water partition coefficient (Wildman–Crippen LogP) is 25.3. The highest BCUT2D eigenvalue weighted by atomic mass is 16.7. The van der Waals surface area contributed by atoms with Gasteiger partial charge in [0.2, 0.25) is 0 Å². The van der Waals surface area contributed by atoms with Gasteiger partial charge >= 0.3 is 17.9 Å². The molecule has 0 saturated heterocycles. The minimum Gasteiger partial charge on any atom is -0.477 e. The number of esters is 2. The van der Waals surface area contributed by atoms with Crippen LogP contribution in [0.15, 0.2) is 134 Å². The van der Waals surface area contributed by atoms with Crippen LogP contribution >= 0.6 is 0 Å². The first kappa shape index (κ1) is 90.4. The van der Waals surface area contributed by atoms with E-state index >= 15 is 0 Å². The smallest absolute Gasteiger partial charge is 0.361 e. The zero-order chi connectivity index (χ0) is 69.0. The molecule has 544 valence electrons. The second kappa shape index (κ2) is 75.2. The summed E-state index contributed by atoms with van der Waals surface area (Å²) in [5.41, 5.74) is 0. The Morgan fingerprint density at radius 3 is 0.842 bits per heavy atom. The van der Waals surface area contributed by atoms with Crippen molar-refractivity contribution in [3.63, 3.8) is 0 Å². The maximum Gasteiger partial charge on any atom is 0.361 e. The number of carboxylic acids is 1. The fourth-order valence-corrected chi connectivity index (χ4v) is 11.0. The molecule has 0 aliphatic rings. The summed E-state index contributed by atoms with van der Waals surface area (Å²) in [4.78, 5) is 37.7. The lowest BCUT2D eigenvalue weighted by Gasteiger charge is -2.25. The molecule has 0 aliphatic heterocycles. The lowest BCUT2D eigenvalue weighted by Crippen LogP contribution is -2.40. The largest absolute Gasteiger partial charge is 0.477 e. The van der Waals surface area contributed by atoms with Crippen molar-refractivity contribution >= 4 is 17.9 Å². The summed E-state index contributed by atoms with van der Waals surface area (Å²) in [5.74, 6) is -1.99. The van der Waals surface area contributed by atoms with Crippen LogP contribution in [0.4, 0.5) is 0 Å². The van der Waals surface area contributed by atoms with E-state index < -0.39 is 24.3 Å². The number of carbonyl (C=O) groups excluding carboxylic acids is 2. The van der Waals surface area contributed by atoms with Crippen molar-refractivity contribution in [2.24, 2.45) is 0 Å². The minimum absolute atomic E-state index is 0.184. The summed E-state index contributed by atoms with van der Waals surface area (Å²) in [6.07, 6.45) is 106. The van der Waals surface area contributed by atoms with Gasteiger partial charge in [-0.3, -0.25) is 9.59 Å². The summed E-state index contributed by atoms with van der Waals surface area (Å²) in [6.45, 7) is 4.68. The topological polar surface area (TPSA) is 108 Å². The van der Waals surface area contributed by atoms with Crippen molar-refractivity contribution < 1.29 is 42.9 Å². The Kier molecular flexibility index (Phi) is 71.6. The van der Waals surface area contributed by atoms with E-state index in [-0.39, 0.29) is 32.2 Å². The minimum atomic E-state index is -1.52. The molecule has 0 radical (unpaired) electrons. The molecule has 0 fully saturated rings. The van der Waals surface area contributed by atoms with Crippen molar-refractivity contribution in [1.82, 2.24) is 0 Å². The third-order valence-corrected chi connectivity index (χ3v) is 16.9. The van der Waals surface area contributed by atoms with Crippen LogP contribution in [-0.4, -0.2) is 87.4 Å². The third-order valence-electron chi connectivity index (χ3n) is 16.9. The molecule has 0 amide bonds. The molecular formula is C86H148NO8+. The highest BCUT2D eigenvalue weighted by Crippen LogP contribution is 2.18. The highest BCUT2D eigenvalue weighted by Gasteiger charge is 2.25. The normalized spacial score (nSPS) is 13.4. The number of rotatable bonds is 72. The Morgan fingerprint density at radius 2 is 0.568 bits per heavy atom. The third kappa shape index (κ3) is 76.7. The number of quaternary nitrogens is 1. The number of hydrogen-bond acceptors (Lipinski definition) is 7. The van der Waals surface area contributed by atoms with Crippen molar-refractivity contribution in [1.29, 1.82) is 0 Å². The average molecular weight is 1320 g/mol. The Bertz CT molecular complexity index is 2030. The number of nitrogens with zero attached hydrogens (tertiary/aromatic N) is 1. The van der Waals surface area contributed by atoms with Crippen LogP contribution in [0, 0.1) is 0 Å². The first-order chi connectivity index (χ1) is 46.6. The van der Waals surface area contributed by atoms with Crippen molar-refractivity contribution in [2.75, 3.05) is 47.5 Å². The van der Waals surface area contributed by atoms with Crippen molar-refractivity contribution in [2.45, 2.75) is 347 Å². The fourth-order valence-electron chi connectivity index (χ4n) is 11.0. The van der Waals surface area contributed by atoms with Gasteiger partial charge in [0, 0.05) is 12.8 Å². The molecule has 0 heterocycles. The molecule has 9 nitrogen and oxygen atoms in total. The van der Waals surface area contributed by atoms with E-state index in [1.54, 1.807) is 0 Å². The quantitative estimate of drug-likeness (QED) is 0.0211. The van der Waals surface area contributed by atoms with Gasteiger partial charge in [0.25, 0.3) is 6.29 Å². The van der Waals surface area contributed by atoms with E-state index in [9.17, 15) is 19.5 Å². The van der Waals surface area contributed by atoms with Gasteiger partial charge in [0.1, 0.15) is 13.2 Å². The molecule has 0 aromatic rings. The van der Waals surface area contributed by atoms with Crippen LogP contribution in [0.5, 0.6) is 0 Å². The molecule has 0 aromatic carbocycles. The second-order valence-electron chi connectivity index (χ2n) is 27.3. The van der Waals surface area contributed by atoms with Gasteiger partial charge in [-0.15, -0.1) is 0 Å². The van der Waals surface area contributed by atoms with E-state index in [0.29, 0.717) is 17.4 Å². The summed E-state index contributed by atoms with van der Waals surface area (Å²) in [7, 11) is 5.99. The molecule has 0 saturated carbocycles. The zero-order valence-electron chi connectivity index (χ0n) is 62.3. The predicted molar refractivity (Wildman–Crippen MR) is 410 cm³/mol. The van der Waals surface area contributed by atoms with Gasteiger partial charge in [-0.25, -0.2) is 4.79 Å². The van der Waals surface area contributed by atoms with Crippen LogP contribution in [-0.2, 0) is 33.3 Å². The van der Waals surface area contributed by atoms with Crippen LogP contribution in [0.1, 0.15) is 335 Å². The summed E-state index contributed by atoms with van der Waals surface area (Å²) >= 11 is 0. The second-order valence-corrected chi connectivity index (χ2v) is 27.3. The number of aliphatic carboxylic acids is 1. The molecule has 1 N–H and O–H groups in total. The average Bonchev–Trinajstić information content (AvgIpc) is 3.75. The maximum absolute atomic E-state index is 13.0. The Morgan fingerprint density at radius 1 is 0.316 bits per heavy atom. The van der Waals surface area contributed by atoms with E-state index in [1.807, 2.05) is 21.1 Å². The maximum atomic E-state index is 13.0. The standard InChI is InChI=1S/C86H147NO8/c1-6-8-10-12-14-16-18-20-22-24-26-28-30-32-34-36-38-40-41-42-43-45-47-49-51-53-55-57-59-61-63-65-67-69-71-73-75-77-84(89)95-82(81-94-86(85(90)91)92-79-78-87(3,4)5)80-93-83(88)76-74-72-70-68-66-64-62-60-58-56-54-52-50-48-46-44-39-37-35-33-31-29-27-25-23-21-19-17-15-13-11-9-7-2/h8-11,14-17,20-23,26-29,32,34,38,40,42-43,82,86H,6-7,12-13,18-19,24-25,30-31,33,35-37,39,41,44-81H2,1-5H3/p+1/b10-8-,11-9-,16-14-,17-15-,22-20-,23-21-,28-26-,29-27-,34-32-,40-38-,43-42-. The number of hydrogen-bond donors (Lipinski definition) is 1. The van der Waals surface area contributed by atoms with E-state index in [0.717, 1.165) is 109 Å². The highest BCUT2D eigenvalue weighted by molar-refractivity contribution is 5.71. The summed E-state index contributed by atoms with van der Waals surface area (Å²) in [5, 5.41) is 9.77. The van der Waals surface area contributed by atoms with Crippen LogP contribution < -0.4 is 0 Å². The van der Waals surface area contributed by atoms with Gasteiger partial charge in [-0.2, -0.15) is 0 Å². The first-order valence-electron chi connectivity index (χ1n) is 39.3. The summed E-state index contributed by atoms with van der Waals surface area (Å²) < 4.78 is 23.0. The number of allylic oxidation sites excluding steroid dienone is 22. The Hall–Kier alpha value is -4.57. The van der Waals surface area contributed by atoms with Gasteiger partial charge in [0.05, 0.1) is 34.4 Å². The van der Waals surface area contributed by atoms with Gasteiger partial charge < -0.3 is 28.5 Å². The van der Waals surface area contributed by atoms with E-state index in [2.05, 4.69) is 148 Å². The van der Waals surface area contributed by atoms with Crippen LogP contribution in [0.3, 0.4) is 0 Å². The molecule has 9 heteroatoms. The summed E-state index contributed by atoms with van der Waals surface area (Å²) in [6, 6.07) is 0. The fraction of sp³-hybridized carbons (Fsp3) is 0.709. The molecule has 2 unspecified atom stereocenters. The van der Waals surface area contributed by atoms with Crippen molar-refractivity contribution in [3.8, 4) is 0 Å². The molecule has 0 rings (SSSR count). The molecule has 0 bridgehead atoms. The van der Waals surface area contributed by atoms with E-state index in [1.165, 1.54) is 199 Å². The van der Waals surface area contributed by atoms with Crippen LogP contribution in [0.2, 0.25) is 0 Å². The molecular weight excluding hydrogens is 1170 g/mol. The Labute approximate surface area is 586 Å². The number of ether oxygens (including phenoxy) is 4. The molecule has 95 heavy (non-hydrogen) atoms.